The molecule has 1 heterocycles. The molecule has 3 heteroatoms. The van der Waals surface area contributed by atoms with Gasteiger partial charge in [0.25, 0.3) is 0 Å². The number of rotatable bonds is 4. The van der Waals surface area contributed by atoms with Crippen molar-refractivity contribution >= 4 is 11.8 Å². The molecule has 1 aliphatic heterocycles. The van der Waals surface area contributed by atoms with Crippen LogP contribution in [0.2, 0.25) is 0 Å². The van der Waals surface area contributed by atoms with Gasteiger partial charge in [0.05, 0.1) is 6.61 Å². The van der Waals surface area contributed by atoms with Crippen molar-refractivity contribution in [3.63, 3.8) is 0 Å². The number of benzene rings is 1. The van der Waals surface area contributed by atoms with Gasteiger partial charge in [0.2, 0.25) is 0 Å². The minimum atomic E-state index is 0.100. The van der Waals surface area contributed by atoms with Crippen LogP contribution in [0.5, 0.6) is 5.75 Å². The zero-order chi connectivity index (χ0) is 12.1. The number of hydrogen-bond acceptors (Lipinski definition) is 3. The van der Waals surface area contributed by atoms with E-state index in [0.717, 1.165) is 11.3 Å². The summed E-state index contributed by atoms with van der Waals surface area (Å²) in [5, 5.41) is 0.547. The maximum atomic E-state index is 6.40. The van der Waals surface area contributed by atoms with Gasteiger partial charge in [-0.15, -0.1) is 0 Å². The Bertz CT molecular complexity index is 350. The quantitative estimate of drug-likeness (QED) is 0.891. The van der Waals surface area contributed by atoms with E-state index in [9.17, 15) is 0 Å². The van der Waals surface area contributed by atoms with Gasteiger partial charge in [-0.2, -0.15) is 11.8 Å². The Morgan fingerprint density at radius 1 is 1.41 bits per heavy atom. The summed E-state index contributed by atoms with van der Waals surface area (Å²) >= 11 is 2.01. The second-order valence-corrected chi connectivity index (χ2v) is 5.75. The average Bonchev–Trinajstić information content (AvgIpc) is 2.40. The molecule has 1 aliphatic rings. The first kappa shape index (κ1) is 12.8. The molecular formula is C14H21NOS. The van der Waals surface area contributed by atoms with Crippen molar-refractivity contribution in [1.82, 2.24) is 0 Å². The van der Waals surface area contributed by atoms with Crippen molar-refractivity contribution in [3.8, 4) is 5.75 Å². The lowest BCUT2D eigenvalue weighted by atomic mass is 9.99. The molecule has 2 nitrogen and oxygen atoms in total. The third-order valence-electron chi connectivity index (χ3n) is 3.19. The van der Waals surface area contributed by atoms with E-state index in [0.29, 0.717) is 11.9 Å². The van der Waals surface area contributed by atoms with E-state index in [1.807, 2.05) is 36.9 Å². The molecule has 0 saturated carbocycles. The van der Waals surface area contributed by atoms with Gasteiger partial charge >= 0.3 is 0 Å². The predicted molar refractivity (Wildman–Crippen MR) is 74.6 cm³/mol. The number of ether oxygens (including phenoxy) is 1. The van der Waals surface area contributed by atoms with Crippen LogP contribution in [-0.2, 0) is 0 Å². The molecule has 2 atom stereocenters. The lowest BCUT2D eigenvalue weighted by Gasteiger charge is -2.28. The normalized spacial score (nSPS) is 22.1. The summed E-state index contributed by atoms with van der Waals surface area (Å²) in [4.78, 5) is 0. The van der Waals surface area contributed by atoms with Crippen molar-refractivity contribution < 1.29 is 4.74 Å². The largest absolute Gasteiger partial charge is 0.494 e. The highest BCUT2D eigenvalue weighted by Gasteiger charge is 2.24. The molecule has 0 bridgehead atoms. The molecule has 2 N–H and O–H groups in total. The fourth-order valence-electron chi connectivity index (χ4n) is 2.29. The summed E-state index contributed by atoms with van der Waals surface area (Å²) in [6, 6.07) is 8.28. The van der Waals surface area contributed by atoms with E-state index in [-0.39, 0.29) is 6.04 Å². The van der Waals surface area contributed by atoms with Crippen molar-refractivity contribution in [3.05, 3.63) is 29.8 Å². The van der Waals surface area contributed by atoms with Crippen LogP contribution < -0.4 is 10.5 Å². The lowest BCUT2D eigenvalue weighted by Crippen LogP contribution is -2.26. The minimum absolute atomic E-state index is 0.100. The topological polar surface area (TPSA) is 35.2 Å². The highest BCUT2D eigenvalue weighted by Crippen LogP contribution is 2.36. The van der Waals surface area contributed by atoms with E-state index in [1.54, 1.807) is 0 Å². The summed E-state index contributed by atoms with van der Waals surface area (Å²) in [5.74, 6) is 2.20. The maximum absolute atomic E-state index is 6.40. The first-order chi connectivity index (χ1) is 8.33. The Hall–Kier alpha value is -0.670. The van der Waals surface area contributed by atoms with Gasteiger partial charge in [-0.05, 0) is 31.6 Å². The SMILES string of the molecule is CCOc1ccccc1C(N)C1CCCCS1. The van der Waals surface area contributed by atoms with E-state index in [2.05, 4.69) is 6.07 Å². The average molecular weight is 251 g/mol. The van der Waals surface area contributed by atoms with Gasteiger partial charge in [0.15, 0.2) is 0 Å². The van der Waals surface area contributed by atoms with E-state index in [1.165, 1.54) is 25.0 Å². The molecule has 2 unspecified atom stereocenters. The number of thioether (sulfide) groups is 1. The first-order valence-electron chi connectivity index (χ1n) is 6.42. The first-order valence-corrected chi connectivity index (χ1v) is 7.46. The zero-order valence-corrected chi connectivity index (χ0v) is 11.2. The van der Waals surface area contributed by atoms with Gasteiger partial charge in [0.1, 0.15) is 5.75 Å². The van der Waals surface area contributed by atoms with Crippen LogP contribution in [0.25, 0.3) is 0 Å². The van der Waals surface area contributed by atoms with Crippen LogP contribution in [0, 0.1) is 0 Å². The predicted octanol–water partition coefficient (Wildman–Crippen LogP) is 3.37. The highest BCUT2D eigenvalue weighted by atomic mass is 32.2. The molecule has 0 amide bonds. The second-order valence-electron chi connectivity index (χ2n) is 4.40. The van der Waals surface area contributed by atoms with Crippen molar-refractivity contribution in [2.24, 2.45) is 5.73 Å². The molecule has 1 aromatic carbocycles. The third-order valence-corrected chi connectivity index (χ3v) is 4.67. The van der Waals surface area contributed by atoms with Crippen molar-refractivity contribution in [1.29, 1.82) is 0 Å². The van der Waals surface area contributed by atoms with E-state index in [4.69, 9.17) is 10.5 Å². The highest BCUT2D eigenvalue weighted by molar-refractivity contribution is 8.00. The molecule has 0 radical (unpaired) electrons. The number of nitrogens with two attached hydrogens (primary N) is 1. The van der Waals surface area contributed by atoms with Gasteiger partial charge in [-0.25, -0.2) is 0 Å². The maximum Gasteiger partial charge on any atom is 0.124 e. The molecule has 17 heavy (non-hydrogen) atoms. The molecule has 0 aromatic heterocycles. The molecule has 1 saturated heterocycles. The van der Waals surface area contributed by atoms with Gasteiger partial charge in [-0.1, -0.05) is 24.6 Å². The Balaban J connectivity index is 2.14. The molecule has 1 aromatic rings. The van der Waals surface area contributed by atoms with E-state index >= 15 is 0 Å². The van der Waals surface area contributed by atoms with Crippen LogP contribution >= 0.6 is 11.8 Å². The molecule has 2 rings (SSSR count). The zero-order valence-electron chi connectivity index (χ0n) is 10.4. The third kappa shape index (κ3) is 3.17. The van der Waals surface area contributed by atoms with Crippen LogP contribution in [0.4, 0.5) is 0 Å². The fourth-order valence-corrected chi connectivity index (χ4v) is 3.65. The monoisotopic (exact) mass is 251 g/mol. The van der Waals surface area contributed by atoms with Gasteiger partial charge in [0, 0.05) is 16.9 Å². The van der Waals surface area contributed by atoms with Crippen LogP contribution in [0.15, 0.2) is 24.3 Å². The smallest absolute Gasteiger partial charge is 0.124 e. The standard InChI is InChI=1S/C14H21NOS/c1-2-16-12-8-4-3-7-11(12)14(15)13-9-5-6-10-17-13/h3-4,7-8,13-14H,2,5-6,9-10,15H2,1H3. The molecule has 0 spiro atoms. The Kier molecular flexibility index (Phi) is 4.75. The van der Waals surface area contributed by atoms with Crippen LogP contribution in [-0.4, -0.2) is 17.6 Å². The van der Waals surface area contributed by atoms with Gasteiger partial charge < -0.3 is 10.5 Å². The number of para-hydroxylation sites is 1. The van der Waals surface area contributed by atoms with Crippen molar-refractivity contribution in [2.45, 2.75) is 37.5 Å². The minimum Gasteiger partial charge on any atom is -0.494 e. The molecule has 0 aliphatic carbocycles. The summed E-state index contributed by atoms with van der Waals surface area (Å²) < 4.78 is 5.66. The number of hydrogen-bond donors (Lipinski definition) is 1. The summed E-state index contributed by atoms with van der Waals surface area (Å²) in [5.41, 5.74) is 7.56. The van der Waals surface area contributed by atoms with Crippen LogP contribution in [0.1, 0.15) is 37.8 Å². The second kappa shape index (κ2) is 6.31. The molecule has 94 valence electrons. The van der Waals surface area contributed by atoms with Crippen molar-refractivity contribution in [2.75, 3.05) is 12.4 Å². The molecule has 1 fully saturated rings. The fraction of sp³-hybridized carbons (Fsp3) is 0.571. The Morgan fingerprint density at radius 2 is 2.24 bits per heavy atom. The summed E-state index contributed by atoms with van der Waals surface area (Å²) in [7, 11) is 0. The lowest BCUT2D eigenvalue weighted by molar-refractivity contribution is 0.333. The van der Waals surface area contributed by atoms with Crippen LogP contribution in [0.3, 0.4) is 0 Å². The Labute approximate surface area is 108 Å². The Morgan fingerprint density at radius 3 is 2.94 bits per heavy atom. The summed E-state index contributed by atoms with van der Waals surface area (Å²) in [6.07, 6.45) is 3.87. The summed E-state index contributed by atoms with van der Waals surface area (Å²) in [6.45, 7) is 2.71. The molecular weight excluding hydrogens is 230 g/mol. The van der Waals surface area contributed by atoms with E-state index < -0.39 is 0 Å². The van der Waals surface area contributed by atoms with Gasteiger partial charge in [-0.3, -0.25) is 0 Å².